The van der Waals surface area contributed by atoms with Gasteiger partial charge in [0.05, 0.1) is 17.6 Å². The van der Waals surface area contributed by atoms with Crippen LogP contribution in [0.5, 0.6) is 0 Å². The highest BCUT2D eigenvalue weighted by molar-refractivity contribution is 5.98. The molecule has 0 spiro atoms. The van der Waals surface area contributed by atoms with Crippen molar-refractivity contribution in [3.8, 4) is 0 Å². The largest absolute Gasteiger partial charge is 0.347 e. The SMILES string of the molecule is CCn1c(=O)c(=O)[nH]c2cc(C(=O)NCC(=O)N(C)C)ccc21. The molecule has 8 heteroatoms. The molecule has 0 saturated carbocycles. The Balaban J connectivity index is 2.35. The maximum atomic E-state index is 12.1. The first-order valence-corrected chi connectivity index (χ1v) is 7.10. The minimum atomic E-state index is -0.736. The van der Waals surface area contributed by atoms with E-state index in [1.54, 1.807) is 33.2 Å². The number of nitrogens with one attached hydrogen (secondary N) is 2. The van der Waals surface area contributed by atoms with Gasteiger partial charge >= 0.3 is 11.1 Å². The molecule has 2 N–H and O–H groups in total. The number of nitrogens with zero attached hydrogens (tertiary/aromatic N) is 2. The maximum Gasteiger partial charge on any atom is 0.316 e. The van der Waals surface area contributed by atoms with E-state index in [0.717, 1.165) is 0 Å². The van der Waals surface area contributed by atoms with E-state index < -0.39 is 17.0 Å². The number of amides is 2. The van der Waals surface area contributed by atoms with Crippen molar-refractivity contribution in [2.75, 3.05) is 20.6 Å². The summed E-state index contributed by atoms with van der Waals surface area (Å²) in [7, 11) is 3.19. The molecular weight excluding hydrogens is 300 g/mol. The second-order valence-corrected chi connectivity index (χ2v) is 5.21. The Bertz CT molecular complexity index is 879. The summed E-state index contributed by atoms with van der Waals surface area (Å²) in [5.74, 6) is -0.662. The quantitative estimate of drug-likeness (QED) is 0.743. The van der Waals surface area contributed by atoms with Gasteiger partial charge in [0.25, 0.3) is 5.91 Å². The number of hydrogen-bond donors (Lipinski definition) is 2. The summed E-state index contributed by atoms with van der Waals surface area (Å²) >= 11 is 0. The molecule has 0 atom stereocenters. The van der Waals surface area contributed by atoms with Crippen LogP contribution < -0.4 is 16.4 Å². The Morgan fingerprint density at radius 1 is 1.26 bits per heavy atom. The van der Waals surface area contributed by atoms with Gasteiger partial charge in [-0.25, -0.2) is 0 Å². The molecule has 8 nitrogen and oxygen atoms in total. The number of benzene rings is 1. The van der Waals surface area contributed by atoms with Crippen LogP contribution in [0, 0.1) is 0 Å². The molecule has 2 aromatic rings. The van der Waals surface area contributed by atoms with Crippen molar-refractivity contribution in [3.63, 3.8) is 0 Å². The third-order valence-electron chi connectivity index (χ3n) is 3.45. The van der Waals surface area contributed by atoms with Crippen molar-refractivity contribution in [1.29, 1.82) is 0 Å². The van der Waals surface area contributed by atoms with Gasteiger partial charge in [-0.05, 0) is 25.1 Å². The van der Waals surface area contributed by atoms with Crippen LogP contribution in [-0.2, 0) is 11.3 Å². The van der Waals surface area contributed by atoms with Crippen LogP contribution in [0.15, 0.2) is 27.8 Å². The van der Waals surface area contributed by atoms with Crippen molar-refractivity contribution in [1.82, 2.24) is 19.8 Å². The summed E-state index contributed by atoms with van der Waals surface area (Å²) in [6, 6.07) is 4.62. The number of carbonyl (C=O) groups is 2. The van der Waals surface area contributed by atoms with E-state index in [0.29, 0.717) is 23.1 Å². The number of carbonyl (C=O) groups excluding carboxylic acids is 2. The summed E-state index contributed by atoms with van der Waals surface area (Å²) in [5.41, 5.74) is -0.143. The Hall–Kier alpha value is -2.90. The lowest BCUT2D eigenvalue weighted by atomic mass is 10.1. The van der Waals surface area contributed by atoms with Gasteiger partial charge in [-0.1, -0.05) is 0 Å². The summed E-state index contributed by atoms with van der Waals surface area (Å²) in [4.78, 5) is 50.8. The molecule has 0 aliphatic rings. The molecule has 0 aliphatic carbocycles. The Kier molecular flexibility index (Phi) is 4.63. The number of aromatic nitrogens is 2. The molecule has 23 heavy (non-hydrogen) atoms. The molecule has 0 bridgehead atoms. The molecule has 0 saturated heterocycles. The highest BCUT2D eigenvalue weighted by atomic mass is 16.2. The van der Waals surface area contributed by atoms with Gasteiger partial charge in [0.15, 0.2) is 0 Å². The number of H-pyrrole nitrogens is 1. The number of likely N-dealkylation sites (N-methyl/N-ethyl adjacent to an activating group) is 1. The van der Waals surface area contributed by atoms with Crippen LogP contribution in [0.4, 0.5) is 0 Å². The second kappa shape index (κ2) is 6.47. The molecule has 0 aliphatic heterocycles. The van der Waals surface area contributed by atoms with E-state index in [1.807, 2.05) is 0 Å². The number of fused-ring (bicyclic) bond motifs is 1. The van der Waals surface area contributed by atoms with Crippen molar-refractivity contribution in [3.05, 3.63) is 44.5 Å². The van der Waals surface area contributed by atoms with E-state index in [1.165, 1.54) is 15.5 Å². The van der Waals surface area contributed by atoms with Crippen LogP contribution in [0.3, 0.4) is 0 Å². The molecular formula is C15H18N4O4. The van der Waals surface area contributed by atoms with Crippen molar-refractivity contribution in [2.24, 2.45) is 0 Å². The van der Waals surface area contributed by atoms with Crippen molar-refractivity contribution < 1.29 is 9.59 Å². The van der Waals surface area contributed by atoms with Crippen molar-refractivity contribution in [2.45, 2.75) is 13.5 Å². The fourth-order valence-electron chi connectivity index (χ4n) is 2.15. The standard InChI is InChI=1S/C15H18N4O4/c1-4-19-11-6-5-9(7-10(11)17-14(22)15(19)23)13(21)16-8-12(20)18(2)3/h5-7H,4,8H2,1-3H3,(H,16,21)(H,17,22). The highest BCUT2D eigenvalue weighted by Gasteiger charge is 2.12. The number of hydrogen-bond acceptors (Lipinski definition) is 4. The zero-order chi connectivity index (χ0) is 17.1. The second-order valence-electron chi connectivity index (χ2n) is 5.21. The zero-order valence-corrected chi connectivity index (χ0v) is 13.2. The summed E-state index contributed by atoms with van der Waals surface area (Å²) in [5, 5.41) is 2.51. The summed E-state index contributed by atoms with van der Waals surface area (Å²) in [6.45, 7) is 1.99. The van der Waals surface area contributed by atoms with Gasteiger partial charge in [0.2, 0.25) is 5.91 Å². The molecule has 1 aromatic carbocycles. The van der Waals surface area contributed by atoms with Gasteiger partial charge in [0.1, 0.15) is 0 Å². The van der Waals surface area contributed by atoms with Crippen LogP contribution in [-0.4, -0.2) is 46.9 Å². The first-order valence-electron chi connectivity index (χ1n) is 7.10. The topological polar surface area (TPSA) is 104 Å². The highest BCUT2D eigenvalue weighted by Crippen LogP contribution is 2.11. The average molecular weight is 318 g/mol. The third-order valence-corrected chi connectivity index (χ3v) is 3.45. The molecule has 2 amide bonds. The first kappa shape index (κ1) is 16.5. The van der Waals surface area contributed by atoms with E-state index in [9.17, 15) is 19.2 Å². The Labute approximate surface area is 131 Å². The smallest absolute Gasteiger partial charge is 0.316 e. The van der Waals surface area contributed by atoms with Crippen LogP contribution in [0.25, 0.3) is 11.0 Å². The van der Waals surface area contributed by atoms with E-state index in [2.05, 4.69) is 10.3 Å². The van der Waals surface area contributed by atoms with Gasteiger partial charge < -0.3 is 19.8 Å². The summed E-state index contributed by atoms with van der Waals surface area (Å²) in [6.07, 6.45) is 0. The Morgan fingerprint density at radius 2 is 1.96 bits per heavy atom. The van der Waals surface area contributed by atoms with Gasteiger partial charge in [-0.15, -0.1) is 0 Å². The fourth-order valence-corrected chi connectivity index (χ4v) is 2.15. The molecule has 1 heterocycles. The Morgan fingerprint density at radius 3 is 2.57 bits per heavy atom. The monoisotopic (exact) mass is 318 g/mol. The lowest BCUT2D eigenvalue weighted by molar-refractivity contribution is -0.127. The fraction of sp³-hybridized carbons (Fsp3) is 0.333. The van der Waals surface area contributed by atoms with Crippen molar-refractivity contribution >= 4 is 22.8 Å². The lowest BCUT2D eigenvalue weighted by Crippen LogP contribution is -2.37. The summed E-state index contributed by atoms with van der Waals surface area (Å²) < 4.78 is 1.34. The number of aromatic amines is 1. The minimum Gasteiger partial charge on any atom is -0.347 e. The molecule has 0 fully saturated rings. The van der Waals surface area contributed by atoms with Crippen LogP contribution in [0.1, 0.15) is 17.3 Å². The number of rotatable bonds is 4. The van der Waals surface area contributed by atoms with Gasteiger partial charge in [-0.2, -0.15) is 0 Å². The molecule has 2 rings (SSSR count). The predicted molar refractivity (Wildman–Crippen MR) is 85.5 cm³/mol. The van der Waals surface area contributed by atoms with E-state index in [-0.39, 0.29) is 12.5 Å². The molecule has 0 unspecified atom stereocenters. The maximum absolute atomic E-state index is 12.1. The normalized spacial score (nSPS) is 10.6. The van der Waals surface area contributed by atoms with Gasteiger partial charge in [0, 0.05) is 26.2 Å². The predicted octanol–water partition coefficient (Wildman–Crippen LogP) is -0.472. The van der Waals surface area contributed by atoms with E-state index >= 15 is 0 Å². The average Bonchev–Trinajstić information content (AvgIpc) is 2.52. The molecule has 122 valence electrons. The third kappa shape index (κ3) is 3.31. The minimum absolute atomic E-state index is 0.116. The zero-order valence-electron chi connectivity index (χ0n) is 13.2. The van der Waals surface area contributed by atoms with Crippen LogP contribution in [0.2, 0.25) is 0 Å². The molecule has 0 radical (unpaired) electrons. The van der Waals surface area contributed by atoms with Gasteiger partial charge in [-0.3, -0.25) is 19.2 Å². The number of aryl methyl sites for hydroxylation is 1. The first-order chi connectivity index (χ1) is 10.8. The molecule has 1 aromatic heterocycles. The van der Waals surface area contributed by atoms with Crippen LogP contribution >= 0.6 is 0 Å². The van der Waals surface area contributed by atoms with E-state index in [4.69, 9.17) is 0 Å². The lowest BCUT2D eigenvalue weighted by Gasteiger charge is -2.11.